The quantitative estimate of drug-likeness (QED) is 0.797. The third-order valence-corrected chi connectivity index (χ3v) is 3.27. The molecule has 1 heterocycles. The highest BCUT2D eigenvalue weighted by atomic mass is 15.1. The van der Waals surface area contributed by atoms with Gasteiger partial charge < -0.3 is 4.90 Å². The lowest BCUT2D eigenvalue weighted by atomic mass is 10.0. The maximum Gasteiger partial charge on any atom is 0.0346 e. The molecule has 0 radical (unpaired) electrons. The van der Waals surface area contributed by atoms with E-state index in [2.05, 4.69) is 54.2 Å². The first-order chi connectivity index (χ1) is 8.79. The van der Waals surface area contributed by atoms with Gasteiger partial charge in [0.25, 0.3) is 0 Å². The summed E-state index contributed by atoms with van der Waals surface area (Å²) in [6, 6.07) is 12.8. The molecule has 0 N–H and O–H groups in total. The topological polar surface area (TPSA) is 16.1 Å². The van der Waals surface area contributed by atoms with Gasteiger partial charge in [0, 0.05) is 18.9 Å². The van der Waals surface area contributed by atoms with Gasteiger partial charge >= 0.3 is 0 Å². The Morgan fingerprint density at radius 3 is 2.44 bits per heavy atom. The fraction of sp³-hybridized carbons (Fsp3) is 0.312. The third kappa shape index (κ3) is 3.41. The van der Waals surface area contributed by atoms with E-state index in [4.69, 9.17) is 0 Å². The fourth-order valence-electron chi connectivity index (χ4n) is 1.88. The van der Waals surface area contributed by atoms with Crippen molar-refractivity contribution >= 4 is 0 Å². The number of hydrogen-bond donors (Lipinski definition) is 0. The van der Waals surface area contributed by atoms with E-state index < -0.39 is 0 Å². The maximum absolute atomic E-state index is 4.15. The van der Waals surface area contributed by atoms with Crippen molar-refractivity contribution in [1.29, 1.82) is 0 Å². The summed E-state index contributed by atoms with van der Waals surface area (Å²) in [5.74, 6) is 0. The molecule has 0 atom stereocenters. The summed E-state index contributed by atoms with van der Waals surface area (Å²) in [5.41, 5.74) is 3.80. The van der Waals surface area contributed by atoms with Gasteiger partial charge in [0.15, 0.2) is 0 Å². The molecule has 0 spiro atoms. The lowest BCUT2D eigenvalue weighted by molar-refractivity contribution is 0.357. The van der Waals surface area contributed by atoms with Gasteiger partial charge in [0.05, 0.1) is 0 Å². The molecule has 0 amide bonds. The Morgan fingerprint density at radius 2 is 1.83 bits per heavy atom. The molecular weight excluding hydrogens is 220 g/mol. The second kappa shape index (κ2) is 6.31. The first-order valence-electron chi connectivity index (χ1n) is 6.47. The smallest absolute Gasteiger partial charge is 0.0346 e. The van der Waals surface area contributed by atoms with Crippen LogP contribution < -0.4 is 0 Å². The minimum atomic E-state index is 1.10. The zero-order chi connectivity index (χ0) is 12.8. The van der Waals surface area contributed by atoms with Crippen LogP contribution in [0.25, 0.3) is 11.1 Å². The molecule has 2 rings (SSSR count). The Kier molecular flexibility index (Phi) is 4.48. The first-order valence-corrected chi connectivity index (χ1v) is 6.47. The van der Waals surface area contributed by atoms with Gasteiger partial charge in [-0.3, -0.25) is 4.98 Å². The number of aromatic nitrogens is 1. The zero-order valence-corrected chi connectivity index (χ0v) is 11.1. The molecule has 94 valence electrons. The standard InChI is InChI=1S/C16H20N2/c1-3-18(2)12-10-14-6-8-15(9-7-14)16-5-4-11-17-13-16/h4-9,11,13H,3,10,12H2,1-2H3. The van der Waals surface area contributed by atoms with Crippen molar-refractivity contribution in [3.8, 4) is 11.1 Å². The predicted octanol–water partition coefficient (Wildman–Crippen LogP) is 3.24. The number of likely N-dealkylation sites (N-methyl/N-ethyl adjacent to an activating group) is 1. The molecule has 2 heteroatoms. The van der Waals surface area contributed by atoms with Crippen molar-refractivity contribution in [2.24, 2.45) is 0 Å². The summed E-state index contributed by atoms with van der Waals surface area (Å²) in [4.78, 5) is 6.48. The number of benzene rings is 1. The molecule has 1 aromatic heterocycles. The average molecular weight is 240 g/mol. The highest BCUT2D eigenvalue weighted by molar-refractivity contribution is 5.62. The van der Waals surface area contributed by atoms with Crippen molar-refractivity contribution in [3.63, 3.8) is 0 Å². The van der Waals surface area contributed by atoms with E-state index >= 15 is 0 Å². The Morgan fingerprint density at radius 1 is 1.06 bits per heavy atom. The maximum atomic E-state index is 4.15. The number of rotatable bonds is 5. The second-order valence-electron chi connectivity index (χ2n) is 4.58. The zero-order valence-electron chi connectivity index (χ0n) is 11.1. The Balaban J connectivity index is 2.02. The molecule has 0 fully saturated rings. The highest BCUT2D eigenvalue weighted by Crippen LogP contribution is 2.18. The van der Waals surface area contributed by atoms with Crippen molar-refractivity contribution in [1.82, 2.24) is 9.88 Å². The molecule has 0 aliphatic rings. The predicted molar refractivity (Wildman–Crippen MR) is 76.5 cm³/mol. The molecule has 18 heavy (non-hydrogen) atoms. The van der Waals surface area contributed by atoms with E-state index in [1.54, 1.807) is 6.20 Å². The number of pyridine rings is 1. The molecule has 0 saturated carbocycles. The largest absolute Gasteiger partial charge is 0.306 e. The van der Waals surface area contributed by atoms with Crippen molar-refractivity contribution in [2.45, 2.75) is 13.3 Å². The van der Waals surface area contributed by atoms with E-state index in [0.717, 1.165) is 19.5 Å². The molecule has 0 saturated heterocycles. The van der Waals surface area contributed by atoms with Crippen LogP contribution in [-0.2, 0) is 6.42 Å². The van der Waals surface area contributed by atoms with Crippen molar-refractivity contribution in [2.75, 3.05) is 20.1 Å². The van der Waals surface area contributed by atoms with E-state index in [-0.39, 0.29) is 0 Å². The van der Waals surface area contributed by atoms with Gasteiger partial charge in [-0.1, -0.05) is 37.3 Å². The van der Waals surface area contributed by atoms with E-state index in [1.807, 2.05) is 12.3 Å². The molecule has 0 aliphatic heterocycles. The molecule has 1 aromatic carbocycles. The number of nitrogens with zero attached hydrogens (tertiary/aromatic N) is 2. The Bertz CT molecular complexity index is 462. The van der Waals surface area contributed by atoms with E-state index in [1.165, 1.54) is 16.7 Å². The van der Waals surface area contributed by atoms with Gasteiger partial charge in [-0.2, -0.15) is 0 Å². The van der Waals surface area contributed by atoms with Gasteiger partial charge in [-0.25, -0.2) is 0 Å². The summed E-state index contributed by atoms with van der Waals surface area (Å²) in [5, 5.41) is 0. The Labute approximate surface area is 109 Å². The monoisotopic (exact) mass is 240 g/mol. The van der Waals surface area contributed by atoms with Gasteiger partial charge in [0.2, 0.25) is 0 Å². The molecule has 0 unspecified atom stereocenters. The minimum Gasteiger partial charge on any atom is -0.306 e. The van der Waals surface area contributed by atoms with Crippen LogP contribution in [-0.4, -0.2) is 30.0 Å². The van der Waals surface area contributed by atoms with Crippen LogP contribution in [0, 0.1) is 0 Å². The van der Waals surface area contributed by atoms with Gasteiger partial charge in [-0.15, -0.1) is 0 Å². The molecule has 2 nitrogen and oxygen atoms in total. The van der Waals surface area contributed by atoms with Crippen molar-refractivity contribution < 1.29 is 0 Å². The van der Waals surface area contributed by atoms with Crippen molar-refractivity contribution in [3.05, 3.63) is 54.4 Å². The number of hydrogen-bond acceptors (Lipinski definition) is 2. The third-order valence-electron chi connectivity index (χ3n) is 3.27. The summed E-state index contributed by atoms with van der Waals surface area (Å²) in [7, 11) is 2.16. The van der Waals surface area contributed by atoms with E-state index in [0.29, 0.717) is 0 Å². The lowest BCUT2D eigenvalue weighted by Crippen LogP contribution is -2.20. The fourth-order valence-corrected chi connectivity index (χ4v) is 1.88. The molecule has 0 bridgehead atoms. The molecule has 2 aromatic rings. The average Bonchev–Trinajstić information content (AvgIpc) is 2.46. The summed E-state index contributed by atoms with van der Waals surface area (Å²) in [6.45, 7) is 4.40. The summed E-state index contributed by atoms with van der Waals surface area (Å²) < 4.78 is 0. The van der Waals surface area contributed by atoms with Crippen LogP contribution in [0.2, 0.25) is 0 Å². The highest BCUT2D eigenvalue weighted by Gasteiger charge is 1.99. The first kappa shape index (κ1) is 12.8. The SMILES string of the molecule is CCN(C)CCc1ccc(-c2cccnc2)cc1. The van der Waals surface area contributed by atoms with Gasteiger partial charge in [0.1, 0.15) is 0 Å². The molecule has 0 aliphatic carbocycles. The van der Waals surface area contributed by atoms with Crippen LogP contribution in [0.3, 0.4) is 0 Å². The van der Waals surface area contributed by atoms with Gasteiger partial charge in [-0.05, 0) is 42.8 Å². The normalized spacial score (nSPS) is 10.8. The van der Waals surface area contributed by atoms with Crippen LogP contribution in [0.1, 0.15) is 12.5 Å². The minimum absolute atomic E-state index is 1.10. The second-order valence-corrected chi connectivity index (χ2v) is 4.58. The Hall–Kier alpha value is -1.67. The summed E-state index contributed by atoms with van der Waals surface area (Å²) >= 11 is 0. The van der Waals surface area contributed by atoms with Crippen LogP contribution in [0.15, 0.2) is 48.8 Å². The van der Waals surface area contributed by atoms with E-state index in [9.17, 15) is 0 Å². The lowest BCUT2D eigenvalue weighted by Gasteiger charge is -2.13. The van der Waals surface area contributed by atoms with Crippen LogP contribution in [0.4, 0.5) is 0 Å². The van der Waals surface area contributed by atoms with Crippen LogP contribution in [0.5, 0.6) is 0 Å². The molecular formula is C16H20N2. The summed E-state index contributed by atoms with van der Waals surface area (Å²) in [6.07, 6.45) is 4.82. The van der Waals surface area contributed by atoms with Crippen LogP contribution >= 0.6 is 0 Å².